The second-order valence-corrected chi connectivity index (χ2v) is 5.18. The first-order valence-corrected chi connectivity index (χ1v) is 7.22. The van der Waals surface area contributed by atoms with Crippen LogP contribution in [0, 0.1) is 6.92 Å². The molecule has 1 aromatic carbocycles. The molecule has 1 rings (SSSR count). The minimum absolute atomic E-state index is 0.143. The molecule has 1 amide bonds. The number of para-hydroxylation sites is 1. The zero-order valence-corrected chi connectivity index (χ0v) is 13.1. The molecule has 110 valence electrons. The maximum absolute atomic E-state index is 12.5. The van der Waals surface area contributed by atoms with Crippen LogP contribution >= 0.6 is 0 Å². The predicted octanol–water partition coefficient (Wildman–Crippen LogP) is 3.25. The number of hydrogen-bond acceptors (Lipinski definition) is 2. The van der Waals surface area contributed by atoms with E-state index < -0.39 is 0 Å². The first-order chi connectivity index (χ1) is 9.49. The first-order valence-electron chi connectivity index (χ1n) is 7.22. The number of anilines is 1. The summed E-state index contributed by atoms with van der Waals surface area (Å²) in [7, 11) is 0. The van der Waals surface area contributed by atoms with Gasteiger partial charge in [0.2, 0.25) is 5.91 Å². The number of likely N-dealkylation sites (N-methyl/N-ethyl adjacent to an activating group) is 2. The largest absolute Gasteiger partial charge is 0.311 e. The van der Waals surface area contributed by atoms with E-state index in [0.717, 1.165) is 29.9 Å². The van der Waals surface area contributed by atoms with E-state index in [9.17, 15) is 4.79 Å². The van der Waals surface area contributed by atoms with Crippen molar-refractivity contribution in [2.24, 2.45) is 0 Å². The number of benzene rings is 1. The third-order valence-electron chi connectivity index (χ3n) is 3.32. The van der Waals surface area contributed by atoms with Crippen LogP contribution in [-0.4, -0.2) is 37.0 Å². The minimum atomic E-state index is 0.143. The summed E-state index contributed by atoms with van der Waals surface area (Å²) in [5.41, 5.74) is 3.22. The number of carbonyl (C=O) groups is 1. The molecule has 1 aromatic rings. The highest BCUT2D eigenvalue weighted by Gasteiger charge is 2.18. The van der Waals surface area contributed by atoms with Crippen LogP contribution in [0.4, 0.5) is 5.69 Å². The van der Waals surface area contributed by atoms with Gasteiger partial charge in [0, 0.05) is 18.8 Å². The van der Waals surface area contributed by atoms with Gasteiger partial charge in [-0.2, -0.15) is 0 Å². The summed E-state index contributed by atoms with van der Waals surface area (Å²) < 4.78 is 0. The fourth-order valence-corrected chi connectivity index (χ4v) is 2.29. The molecule has 0 bridgehead atoms. The van der Waals surface area contributed by atoms with Crippen LogP contribution in [0.25, 0.3) is 0 Å². The molecule has 0 spiro atoms. The quantitative estimate of drug-likeness (QED) is 0.713. The van der Waals surface area contributed by atoms with Gasteiger partial charge in [0.15, 0.2) is 0 Å². The van der Waals surface area contributed by atoms with E-state index in [2.05, 4.69) is 18.4 Å². The lowest BCUT2D eigenvalue weighted by atomic mass is 10.1. The summed E-state index contributed by atoms with van der Waals surface area (Å²) in [5.74, 6) is 0.143. The van der Waals surface area contributed by atoms with Crippen molar-refractivity contribution >= 4 is 11.6 Å². The molecule has 0 unspecified atom stereocenters. The smallest absolute Gasteiger partial charge is 0.241 e. The van der Waals surface area contributed by atoms with Crippen LogP contribution in [0.15, 0.2) is 36.4 Å². The van der Waals surface area contributed by atoms with Crippen LogP contribution in [0.5, 0.6) is 0 Å². The Hall–Kier alpha value is -1.61. The number of hydrogen-bond donors (Lipinski definition) is 0. The van der Waals surface area contributed by atoms with E-state index in [1.54, 1.807) is 0 Å². The zero-order valence-electron chi connectivity index (χ0n) is 13.1. The molecular weight excluding hydrogens is 248 g/mol. The molecule has 0 saturated heterocycles. The van der Waals surface area contributed by atoms with Gasteiger partial charge in [0.25, 0.3) is 0 Å². The van der Waals surface area contributed by atoms with E-state index in [4.69, 9.17) is 0 Å². The Morgan fingerprint density at radius 3 is 2.30 bits per heavy atom. The number of aryl methyl sites for hydroxylation is 1. The number of nitrogens with zero attached hydrogens (tertiary/aromatic N) is 2. The lowest BCUT2D eigenvalue weighted by Gasteiger charge is -2.27. The molecule has 0 N–H and O–H groups in total. The lowest BCUT2D eigenvalue weighted by Crippen LogP contribution is -2.41. The van der Waals surface area contributed by atoms with E-state index in [1.165, 1.54) is 0 Å². The van der Waals surface area contributed by atoms with Crippen molar-refractivity contribution in [2.75, 3.05) is 31.1 Å². The normalized spacial score (nSPS) is 10.7. The van der Waals surface area contributed by atoms with Gasteiger partial charge < -0.3 is 4.90 Å². The van der Waals surface area contributed by atoms with Gasteiger partial charge in [0.05, 0.1) is 6.54 Å². The van der Waals surface area contributed by atoms with Crippen LogP contribution in [-0.2, 0) is 4.79 Å². The Labute approximate surface area is 122 Å². The Morgan fingerprint density at radius 1 is 1.15 bits per heavy atom. The van der Waals surface area contributed by atoms with Gasteiger partial charge in [-0.15, -0.1) is 0 Å². The maximum Gasteiger partial charge on any atom is 0.241 e. The average molecular weight is 274 g/mol. The molecule has 0 atom stereocenters. The Bertz CT molecular complexity index is 468. The summed E-state index contributed by atoms with van der Waals surface area (Å²) in [6.07, 6.45) is 0. The topological polar surface area (TPSA) is 23.6 Å². The summed E-state index contributed by atoms with van der Waals surface area (Å²) in [6.45, 7) is 14.8. The average Bonchev–Trinajstić information content (AvgIpc) is 2.40. The van der Waals surface area contributed by atoms with E-state index in [0.29, 0.717) is 13.1 Å². The molecule has 0 saturated carbocycles. The van der Waals surface area contributed by atoms with Crippen LogP contribution < -0.4 is 4.90 Å². The monoisotopic (exact) mass is 274 g/mol. The summed E-state index contributed by atoms with van der Waals surface area (Å²) in [4.78, 5) is 16.5. The molecular formula is C17H26N2O. The summed E-state index contributed by atoms with van der Waals surface area (Å²) in [5, 5.41) is 0. The Morgan fingerprint density at radius 2 is 1.80 bits per heavy atom. The van der Waals surface area contributed by atoms with E-state index in [1.807, 2.05) is 49.9 Å². The third kappa shape index (κ3) is 4.49. The molecule has 0 aliphatic rings. The number of carbonyl (C=O) groups excluding carboxylic acids is 1. The minimum Gasteiger partial charge on any atom is -0.311 e. The number of amides is 1. The van der Waals surface area contributed by atoms with Gasteiger partial charge in [-0.3, -0.25) is 9.69 Å². The van der Waals surface area contributed by atoms with Gasteiger partial charge in [-0.05, 0) is 38.9 Å². The highest BCUT2D eigenvalue weighted by atomic mass is 16.2. The number of rotatable bonds is 7. The van der Waals surface area contributed by atoms with E-state index in [-0.39, 0.29) is 5.91 Å². The van der Waals surface area contributed by atoms with Crippen molar-refractivity contribution in [3.8, 4) is 0 Å². The lowest BCUT2D eigenvalue weighted by molar-refractivity contribution is -0.119. The highest BCUT2D eigenvalue weighted by molar-refractivity contribution is 5.95. The van der Waals surface area contributed by atoms with E-state index >= 15 is 0 Å². The van der Waals surface area contributed by atoms with Crippen molar-refractivity contribution in [2.45, 2.75) is 27.7 Å². The predicted molar refractivity (Wildman–Crippen MR) is 86.1 cm³/mol. The second-order valence-electron chi connectivity index (χ2n) is 5.18. The van der Waals surface area contributed by atoms with Crippen molar-refractivity contribution < 1.29 is 4.79 Å². The van der Waals surface area contributed by atoms with Gasteiger partial charge in [-0.1, -0.05) is 37.3 Å². The van der Waals surface area contributed by atoms with Crippen molar-refractivity contribution in [3.63, 3.8) is 0 Å². The maximum atomic E-state index is 12.5. The Kier molecular flexibility index (Phi) is 6.46. The molecule has 0 aliphatic heterocycles. The van der Waals surface area contributed by atoms with Crippen LogP contribution in [0.2, 0.25) is 0 Å². The molecule has 0 aliphatic carbocycles. The van der Waals surface area contributed by atoms with Crippen LogP contribution in [0.1, 0.15) is 26.3 Å². The highest BCUT2D eigenvalue weighted by Crippen LogP contribution is 2.19. The fraction of sp³-hybridized carbons (Fsp3) is 0.471. The molecule has 0 fully saturated rings. The standard InChI is InChI=1S/C17H26N2O/c1-6-18(12-14(3)4)13-17(20)19(7-2)16-11-9-8-10-15(16)5/h8-11H,3,6-7,12-13H2,1-2,4-5H3. The van der Waals surface area contributed by atoms with Crippen molar-refractivity contribution in [3.05, 3.63) is 42.0 Å². The fourth-order valence-electron chi connectivity index (χ4n) is 2.29. The Balaban J connectivity index is 2.82. The summed E-state index contributed by atoms with van der Waals surface area (Å²) in [6, 6.07) is 8.02. The molecule has 20 heavy (non-hydrogen) atoms. The van der Waals surface area contributed by atoms with Crippen molar-refractivity contribution in [1.29, 1.82) is 0 Å². The first kappa shape index (κ1) is 16.4. The molecule has 0 radical (unpaired) electrons. The molecule has 3 heteroatoms. The zero-order chi connectivity index (χ0) is 15.1. The summed E-state index contributed by atoms with van der Waals surface area (Å²) >= 11 is 0. The molecule has 0 aromatic heterocycles. The SMILES string of the molecule is C=C(C)CN(CC)CC(=O)N(CC)c1ccccc1C. The van der Waals surface area contributed by atoms with Gasteiger partial charge in [-0.25, -0.2) is 0 Å². The van der Waals surface area contributed by atoms with Gasteiger partial charge in [0.1, 0.15) is 0 Å². The van der Waals surface area contributed by atoms with Crippen molar-refractivity contribution in [1.82, 2.24) is 4.90 Å². The van der Waals surface area contributed by atoms with Gasteiger partial charge >= 0.3 is 0 Å². The van der Waals surface area contributed by atoms with Crippen LogP contribution in [0.3, 0.4) is 0 Å². The third-order valence-corrected chi connectivity index (χ3v) is 3.32. The second kappa shape index (κ2) is 7.85. The molecule has 3 nitrogen and oxygen atoms in total. The molecule has 0 heterocycles.